The van der Waals surface area contributed by atoms with Gasteiger partial charge < -0.3 is 9.15 Å². The van der Waals surface area contributed by atoms with Crippen molar-refractivity contribution < 1.29 is 18.7 Å². The number of oxazole rings is 1. The molecule has 7 nitrogen and oxygen atoms in total. The molecule has 1 N–H and O–H groups in total. The van der Waals surface area contributed by atoms with Crippen LogP contribution in [0.3, 0.4) is 0 Å². The number of rotatable bonds is 5. The summed E-state index contributed by atoms with van der Waals surface area (Å²) in [4.78, 5) is 33.3. The number of carbonyl (C=O) groups excluding carboxylic acids is 2. The normalized spacial score (nSPS) is 10.7. The minimum absolute atomic E-state index is 0.0117. The number of halogens is 2. The van der Waals surface area contributed by atoms with Crippen molar-refractivity contribution in [1.82, 2.24) is 9.97 Å². The molecule has 0 atom stereocenters. The van der Waals surface area contributed by atoms with Crippen LogP contribution in [0.5, 0.6) is 0 Å². The zero-order valence-electron chi connectivity index (χ0n) is 15.9. The van der Waals surface area contributed by atoms with Gasteiger partial charge in [0, 0.05) is 21.5 Å². The van der Waals surface area contributed by atoms with Crippen LogP contribution in [0.2, 0.25) is 10.0 Å². The Balaban J connectivity index is 1.61. The highest BCUT2D eigenvalue weighted by Crippen LogP contribution is 2.33. The number of thiazole rings is 1. The lowest BCUT2D eigenvalue weighted by molar-refractivity contribution is 0.0601. The zero-order valence-corrected chi connectivity index (χ0v) is 18.2. The summed E-state index contributed by atoms with van der Waals surface area (Å²) in [6.07, 6.45) is 1.14. The number of nitrogens with one attached hydrogen (secondary N) is 1. The Bertz CT molecular complexity index is 1290. The van der Waals surface area contributed by atoms with Gasteiger partial charge in [0.05, 0.1) is 23.4 Å². The second kappa shape index (κ2) is 8.89. The van der Waals surface area contributed by atoms with Crippen molar-refractivity contribution in [2.75, 3.05) is 12.4 Å². The molecule has 1 amide bonds. The van der Waals surface area contributed by atoms with Gasteiger partial charge in [-0.25, -0.2) is 14.8 Å². The SMILES string of the molecule is COC(=O)c1ccccc1-c1ocnc1C(=O)Nc1nc(-c2ccc(Cl)cc2Cl)cs1. The van der Waals surface area contributed by atoms with Crippen LogP contribution in [0.25, 0.3) is 22.6 Å². The molecule has 0 aliphatic rings. The Morgan fingerprint density at radius 3 is 2.71 bits per heavy atom. The van der Waals surface area contributed by atoms with Gasteiger partial charge in [0.15, 0.2) is 23.0 Å². The average Bonchev–Trinajstić information content (AvgIpc) is 3.43. The highest BCUT2D eigenvalue weighted by molar-refractivity contribution is 7.14. The van der Waals surface area contributed by atoms with E-state index in [1.54, 1.807) is 47.8 Å². The Morgan fingerprint density at radius 1 is 1.13 bits per heavy atom. The first kappa shape index (κ1) is 21.0. The van der Waals surface area contributed by atoms with E-state index in [1.807, 2.05) is 0 Å². The lowest BCUT2D eigenvalue weighted by Crippen LogP contribution is -2.14. The topological polar surface area (TPSA) is 94.3 Å². The fourth-order valence-corrected chi connectivity index (χ4v) is 4.09. The van der Waals surface area contributed by atoms with Crippen molar-refractivity contribution in [3.05, 3.63) is 75.5 Å². The number of carbonyl (C=O) groups is 2. The molecule has 0 unspecified atom stereocenters. The fourth-order valence-electron chi connectivity index (χ4n) is 2.88. The smallest absolute Gasteiger partial charge is 0.338 e. The first-order chi connectivity index (χ1) is 15.0. The summed E-state index contributed by atoms with van der Waals surface area (Å²) < 4.78 is 10.2. The number of aromatic nitrogens is 2. The van der Waals surface area contributed by atoms with Crippen LogP contribution in [0.4, 0.5) is 5.13 Å². The molecular weight excluding hydrogens is 461 g/mol. The highest BCUT2D eigenvalue weighted by atomic mass is 35.5. The highest BCUT2D eigenvalue weighted by Gasteiger charge is 2.24. The summed E-state index contributed by atoms with van der Waals surface area (Å²) >= 11 is 13.4. The standard InChI is InChI=1S/C21H13Cl2N3O4S/c1-29-20(28)13-5-3-2-4-12(13)18-17(24-10-30-18)19(27)26-21-25-16(9-31-21)14-7-6-11(22)8-15(14)23/h2-10H,1H3,(H,25,26,27). The van der Waals surface area contributed by atoms with E-state index in [4.69, 9.17) is 32.4 Å². The molecule has 4 rings (SSSR count). The first-order valence-electron chi connectivity index (χ1n) is 8.81. The summed E-state index contributed by atoms with van der Waals surface area (Å²) in [5.41, 5.74) is 1.95. The molecule has 0 bridgehead atoms. The fraction of sp³-hybridized carbons (Fsp3) is 0.0476. The van der Waals surface area contributed by atoms with E-state index in [9.17, 15) is 9.59 Å². The summed E-state index contributed by atoms with van der Waals surface area (Å²) in [6.45, 7) is 0. The molecule has 10 heteroatoms. The Hall–Kier alpha value is -3.20. The van der Waals surface area contributed by atoms with Gasteiger partial charge in [0.2, 0.25) is 0 Å². The third kappa shape index (κ3) is 4.32. The number of methoxy groups -OCH3 is 1. The first-order valence-corrected chi connectivity index (χ1v) is 10.4. The predicted octanol–water partition coefficient (Wildman–Crippen LogP) is 5.81. The summed E-state index contributed by atoms with van der Waals surface area (Å²) in [6, 6.07) is 11.7. The van der Waals surface area contributed by atoms with Crippen LogP contribution in [-0.2, 0) is 4.74 Å². The molecule has 0 fully saturated rings. The lowest BCUT2D eigenvalue weighted by Gasteiger charge is -2.06. The maximum Gasteiger partial charge on any atom is 0.338 e. The molecule has 0 saturated heterocycles. The molecule has 0 spiro atoms. The Labute approximate surface area is 190 Å². The summed E-state index contributed by atoms with van der Waals surface area (Å²) in [5.74, 6) is -0.940. The monoisotopic (exact) mass is 473 g/mol. The van der Waals surface area contributed by atoms with Gasteiger partial charge in [-0.2, -0.15) is 0 Å². The van der Waals surface area contributed by atoms with Crippen molar-refractivity contribution in [3.63, 3.8) is 0 Å². The molecule has 0 radical (unpaired) electrons. The van der Waals surface area contributed by atoms with E-state index in [0.29, 0.717) is 32.0 Å². The number of nitrogens with zero attached hydrogens (tertiary/aromatic N) is 2. The van der Waals surface area contributed by atoms with Crippen LogP contribution in [-0.4, -0.2) is 29.0 Å². The number of amides is 1. The zero-order chi connectivity index (χ0) is 22.0. The Kier molecular flexibility index (Phi) is 6.03. The predicted molar refractivity (Wildman–Crippen MR) is 119 cm³/mol. The molecule has 2 heterocycles. The third-order valence-corrected chi connectivity index (χ3v) is 5.60. The molecule has 2 aromatic heterocycles. The number of hydrogen-bond acceptors (Lipinski definition) is 7. The average molecular weight is 474 g/mol. The van der Waals surface area contributed by atoms with E-state index in [0.717, 1.165) is 6.39 Å². The van der Waals surface area contributed by atoms with Crippen LogP contribution >= 0.6 is 34.5 Å². The summed E-state index contributed by atoms with van der Waals surface area (Å²) in [7, 11) is 1.28. The molecule has 2 aromatic carbocycles. The van der Waals surface area contributed by atoms with Gasteiger partial charge in [-0.15, -0.1) is 11.3 Å². The van der Waals surface area contributed by atoms with Crippen molar-refractivity contribution >= 4 is 51.5 Å². The largest absolute Gasteiger partial charge is 0.465 e. The lowest BCUT2D eigenvalue weighted by atomic mass is 10.0. The number of anilines is 1. The maximum absolute atomic E-state index is 12.9. The van der Waals surface area contributed by atoms with E-state index < -0.39 is 11.9 Å². The second-order valence-electron chi connectivity index (χ2n) is 6.18. The van der Waals surface area contributed by atoms with E-state index in [-0.39, 0.29) is 17.0 Å². The number of ether oxygens (including phenoxy) is 1. The molecule has 0 aliphatic heterocycles. The minimum Gasteiger partial charge on any atom is -0.465 e. The van der Waals surface area contributed by atoms with Gasteiger partial charge in [0.25, 0.3) is 5.91 Å². The van der Waals surface area contributed by atoms with Crippen molar-refractivity contribution in [2.24, 2.45) is 0 Å². The molecule has 0 aliphatic carbocycles. The van der Waals surface area contributed by atoms with Crippen molar-refractivity contribution in [1.29, 1.82) is 0 Å². The van der Waals surface area contributed by atoms with Crippen molar-refractivity contribution in [3.8, 4) is 22.6 Å². The van der Waals surface area contributed by atoms with Crippen molar-refractivity contribution in [2.45, 2.75) is 0 Å². The van der Waals surface area contributed by atoms with Crippen LogP contribution in [0.1, 0.15) is 20.8 Å². The molecule has 31 heavy (non-hydrogen) atoms. The van der Waals surface area contributed by atoms with Gasteiger partial charge in [-0.3, -0.25) is 10.1 Å². The minimum atomic E-state index is -0.553. The van der Waals surface area contributed by atoms with E-state index >= 15 is 0 Å². The van der Waals surface area contributed by atoms with Crippen LogP contribution < -0.4 is 5.32 Å². The molecule has 156 valence electrons. The van der Waals surface area contributed by atoms with Gasteiger partial charge in [0.1, 0.15) is 0 Å². The number of benzene rings is 2. The van der Waals surface area contributed by atoms with E-state index in [1.165, 1.54) is 18.4 Å². The summed E-state index contributed by atoms with van der Waals surface area (Å²) in [5, 5.41) is 5.78. The molecule has 4 aromatic rings. The molecular formula is C21H13Cl2N3O4S. The van der Waals surface area contributed by atoms with Gasteiger partial charge in [-0.05, 0) is 24.3 Å². The quantitative estimate of drug-likeness (QED) is 0.367. The van der Waals surface area contributed by atoms with Gasteiger partial charge in [-0.1, -0.05) is 41.4 Å². The number of hydrogen-bond donors (Lipinski definition) is 1. The van der Waals surface area contributed by atoms with Crippen LogP contribution in [0.15, 0.2) is 58.7 Å². The van der Waals surface area contributed by atoms with E-state index in [2.05, 4.69) is 15.3 Å². The number of esters is 1. The third-order valence-electron chi connectivity index (χ3n) is 4.29. The maximum atomic E-state index is 12.9. The Morgan fingerprint density at radius 2 is 1.94 bits per heavy atom. The second-order valence-corrected chi connectivity index (χ2v) is 7.89. The van der Waals surface area contributed by atoms with Crippen LogP contribution in [0, 0.1) is 0 Å². The molecule has 0 saturated carbocycles. The van der Waals surface area contributed by atoms with Gasteiger partial charge >= 0.3 is 5.97 Å².